The van der Waals surface area contributed by atoms with E-state index in [1.807, 2.05) is 19.1 Å². The number of allylic oxidation sites excluding steroid dienone is 1. The Balaban J connectivity index is 1.60. The number of benzene rings is 3. The summed E-state index contributed by atoms with van der Waals surface area (Å²) in [6.45, 7) is 4.18. The van der Waals surface area contributed by atoms with Gasteiger partial charge in [-0.05, 0) is 95.3 Å². The van der Waals surface area contributed by atoms with Gasteiger partial charge in [-0.3, -0.25) is 9.29 Å². The van der Waals surface area contributed by atoms with E-state index in [9.17, 15) is 14.0 Å². The number of hydrogen-bond acceptors (Lipinski definition) is 2. The van der Waals surface area contributed by atoms with Crippen molar-refractivity contribution in [3.8, 4) is 6.07 Å². The van der Waals surface area contributed by atoms with Crippen LogP contribution in [0.5, 0.6) is 0 Å². The monoisotopic (exact) mass is 480 g/mol. The number of fused-ring (bicyclic) bond motifs is 1. The maximum absolute atomic E-state index is 14.0. The zero-order chi connectivity index (χ0) is 25.1. The van der Waals surface area contributed by atoms with E-state index < -0.39 is 0 Å². The summed E-state index contributed by atoms with van der Waals surface area (Å²) in [5.74, 6) is -0.234. The lowest BCUT2D eigenvalue weighted by Crippen LogP contribution is -2.40. The number of nitrogens with zero attached hydrogens (tertiary/aromatic N) is 2. The second kappa shape index (κ2) is 10.6. The normalized spacial score (nSPS) is 15.7. The van der Waals surface area contributed by atoms with E-state index in [1.54, 1.807) is 6.07 Å². The Morgan fingerprint density at radius 1 is 0.972 bits per heavy atom. The molecule has 0 radical (unpaired) electrons. The fraction of sp³-hybridized carbons (Fsp3) is 0.281. The van der Waals surface area contributed by atoms with Crippen molar-refractivity contribution in [2.45, 2.75) is 32.6 Å². The molecule has 0 N–H and O–H groups in total. The Labute approximate surface area is 212 Å². The molecule has 2 aliphatic rings. The molecule has 0 aromatic heterocycles. The minimum Gasteiger partial charge on any atom is -0.295 e. The number of halogens is 2. The van der Waals surface area contributed by atoms with E-state index in [-0.39, 0.29) is 12.5 Å². The Kier molecular flexibility index (Phi) is 7.11. The summed E-state index contributed by atoms with van der Waals surface area (Å²) in [5, 5.41) is 10.2. The molecule has 2 nitrogen and oxygen atoms in total. The van der Waals surface area contributed by atoms with Crippen LogP contribution in [-0.4, -0.2) is 31.2 Å². The molecule has 1 fully saturated rings. The Bertz CT molecular complexity index is 1390. The zero-order valence-electron chi connectivity index (χ0n) is 20.7. The number of rotatable bonds is 6. The van der Waals surface area contributed by atoms with Crippen molar-refractivity contribution in [1.82, 2.24) is 4.90 Å². The molecule has 0 spiro atoms. The molecule has 36 heavy (non-hydrogen) atoms. The molecule has 3 aromatic rings. The van der Waals surface area contributed by atoms with Gasteiger partial charge in [0.25, 0.3) is 0 Å². The number of likely N-dealkylation sites (tertiary alicyclic amines) is 1. The van der Waals surface area contributed by atoms with Gasteiger partial charge in [0.05, 0.1) is 18.3 Å². The van der Waals surface area contributed by atoms with Crippen molar-refractivity contribution in [3.05, 3.63) is 111 Å². The second-order valence-corrected chi connectivity index (χ2v) is 9.80. The van der Waals surface area contributed by atoms with Crippen molar-refractivity contribution in [3.63, 3.8) is 0 Å². The predicted molar refractivity (Wildman–Crippen MR) is 143 cm³/mol. The smallest absolute Gasteiger partial charge is 0.123 e. The van der Waals surface area contributed by atoms with Crippen LogP contribution in [0, 0.1) is 24.1 Å². The van der Waals surface area contributed by atoms with Gasteiger partial charge in [-0.1, -0.05) is 48.5 Å². The van der Waals surface area contributed by atoms with Crippen LogP contribution in [-0.2, 0) is 6.42 Å². The molecule has 0 bridgehead atoms. The molecule has 0 saturated carbocycles. The van der Waals surface area contributed by atoms with Crippen LogP contribution in [0.2, 0.25) is 0 Å². The Morgan fingerprint density at radius 2 is 1.78 bits per heavy atom. The van der Waals surface area contributed by atoms with E-state index in [4.69, 9.17) is 0 Å². The fourth-order valence-electron chi connectivity index (χ4n) is 5.53. The summed E-state index contributed by atoms with van der Waals surface area (Å²) in [4.78, 5) is 2.23. The van der Waals surface area contributed by atoms with Gasteiger partial charge in [-0.2, -0.15) is 5.26 Å². The first-order valence-corrected chi connectivity index (χ1v) is 12.7. The number of alkyl halides is 1. The predicted octanol–water partition coefficient (Wildman–Crippen LogP) is 7.36. The lowest BCUT2D eigenvalue weighted by atomic mass is 9.84. The van der Waals surface area contributed by atoms with Crippen LogP contribution in [0.1, 0.15) is 58.2 Å². The molecule has 0 atom stereocenters. The van der Waals surface area contributed by atoms with Gasteiger partial charge in [-0.15, -0.1) is 0 Å². The third-order valence-corrected chi connectivity index (χ3v) is 7.24. The first-order valence-electron chi connectivity index (χ1n) is 12.7. The average molecular weight is 481 g/mol. The van der Waals surface area contributed by atoms with Crippen LogP contribution < -0.4 is 0 Å². The summed E-state index contributed by atoms with van der Waals surface area (Å²) in [7, 11) is 0. The highest BCUT2D eigenvalue weighted by Crippen LogP contribution is 2.42. The summed E-state index contributed by atoms with van der Waals surface area (Å²) in [6, 6.07) is 22.0. The van der Waals surface area contributed by atoms with Crippen LogP contribution in [0.4, 0.5) is 8.78 Å². The molecule has 1 aliphatic heterocycles. The molecule has 0 amide bonds. The maximum Gasteiger partial charge on any atom is 0.123 e. The van der Waals surface area contributed by atoms with Crippen molar-refractivity contribution >= 4 is 17.2 Å². The topological polar surface area (TPSA) is 27.0 Å². The molecule has 4 heteroatoms. The minimum atomic E-state index is -0.277. The van der Waals surface area contributed by atoms with Gasteiger partial charge in [0, 0.05) is 25.2 Å². The standard InChI is InChI=1S/C32H30F2N2/c1-22-16-27(34)11-13-28(22)31-9-4-7-25-6-2-3-8-29(25)32(31)30-12-10-23(18-26(30)19-35)17-24-20-36(21-24)15-5-14-33/h2-3,6,8,10-13,16-18H,4-5,7,9,14-15,20-21H2,1H3. The summed E-state index contributed by atoms with van der Waals surface area (Å²) in [5.41, 5.74) is 10.5. The molecule has 0 unspecified atom stereocenters. The number of nitriles is 1. The first kappa shape index (κ1) is 24.2. The second-order valence-electron chi connectivity index (χ2n) is 9.80. The van der Waals surface area contributed by atoms with E-state index >= 15 is 0 Å². The van der Waals surface area contributed by atoms with Gasteiger partial charge < -0.3 is 0 Å². The molecular weight excluding hydrogens is 450 g/mol. The van der Waals surface area contributed by atoms with Crippen LogP contribution in [0.25, 0.3) is 17.2 Å². The lowest BCUT2D eigenvalue weighted by molar-refractivity contribution is 0.239. The molecule has 182 valence electrons. The van der Waals surface area contributed by atoms with Crippen LogP contribution >= 0.6 is 0 Å². The Hall–Kier alpha value is -3.55. The van der Waals surface area contributed by atoms with E-state index in [2.05, 4.69) is 53.4 Å². The highest BCUT2D eigenvalue weighted by Gasteiger charge is 2.23. The summed E-state index contributed by atoms with van der Waals surface area (Å²) < 4.78 is 26.4. The molecular formula is C32H30F2N2. The third-order valence-electron chi connectivity index (χ3n) is 7.24. The molecule has 3 aromatic carbocycles. The van der Waals surface area contributed by atoms with Gasteiger partial charge in [0.1, 0.15) is 5.82 Å². The molecule has 5 rings (SSSR count). The SMILES string of the molecule is Cc1cc(F)ccc1C1=C(c2ccc(C=C3CN(CCCF)C3)cc2C#N)c2ccccc2CCC1. The van der Waals surface area contributed by atoms with Crippen molar-refractivity contribution in [2.24, 2.45) is 0 Å². The molecule has 1 aliphatic carbocycles. The van der Waals surface area contributed by atoms with Crippen LogP contribution in [0.15, 0.2) is 66.2 Å². The van der Waals surface area contributed by atoms with Crippen molar-refractivity contribution in [2.75, 3.05) is 26.3 Å². The van der Waals surface area contributed by atoms with Gasteiger partial charge in [-0.25, -0.2) is 4.39 Å². The van der Waals surface area contributed by atoms with Crippen molar-refractivity contribution < 1.29 is 8.78 Å². The van der Waals surface area contributed by atoms with Gasteiger partial charge in [0.2, 0.25) is 0 Å². The molecule has 1 saturated heterocycles. The van der Waals surface area contributed by atoms with Crippen molar-refractivity contribution in [1.29, 1.82) is 5.26 Å². The maximum atomic E-state index is 14.0. The van der Waals surface area contributed by atoms with E-state index in [1.165, 1.54) is 22.8 Å². The third kappa shape index (κ3) is 4.90. The largest absolute Gasteiger partial charge is 0.295 e. The number of hydrogen-bond donors (Lipinski definition) is 0. The summed E-state index contributed by atoms with van der Waals surface area (Å²) in [6.07, 6.45) is 5.55. The van der Waals surface area contributed by atoms with Crippen LogP contribution in [0.3, 0.4) is 0 Å². The Morgan fingerprint density at radius 3 is 2.56 bits per heavy atom. The quantitative estimate of drug-likeness (QED) is 0.369. The van der Waals surface area contributed by atoms with E-state index in [0.29, 0.717) is 12.0 Å². The highest BCUT2D eigenvalue weighted by atomic mass is 19.1. The average Bonchev–Trinajstić information content (AvgIpc) is 3.05. The van der Waals surface area contributed by atoms with Gasteiger partial charge in [0.15, 0.2) is 0 Å². The highest BCUT2D eigenvalue weighted by molar-refractivity contribution is 6.01. The van der Waals surface area contributed by atoms with Gasteiger partial charge >= 0.3 is 0 Å². The minimum absolute atomic E-state index is 0.234. The summed E-state index contributed by atoms with van der Waals surface area (Å²) >= 11 is 0. The fourth-order valence-corrected chi connectivity index (χ4v) is 5.53. The van der Waals surface area contributed by atoms with E-state index in [0.717, 1.165) is 72.3 Å². The lowest BCUT2D eigenvalue weighted by Gasteiger charge is -2.33. The molecule has 1 heterocycles. The first-order chi connectivity index (χ1) is 17.6. The zero-order valence-corrected chi connectivity index (χ0v) is 20.7. The number of aryl methyl sites for hydroxylation is 2.